The minimum atomic E-state index is -1.60. The Labute approximate surface area is 151 Å². The minimum Gasteiger partial charge on any atom is -0.0630 e. The Kier molecular flexibility index (Phi) is 3.00. The summed E-state index contributed by atoms with van der Waals surface area (Å²) in [6.07, 6.45) is 1.16. The highest BCUT2D eigenvalue weighted by molar-refractivity contribution is 7.07. The Hall–Kier alpha value is -2.12. The summed E-state index contributed by atoms with van der Waals surface area (Å²) in [5.41, 5.74) is 7.86. The fourth-order valence-corrected chi connectivity index (χ4v) is 8.86. The van der Waals surface area contributed by atoms with Gasteiger partial charge in [0.25, 0.3) is 0 Å². The second-order valence-corrected chi connectivity index (χ2v) is 12.7. The zero-order valence-corrected chi connectivity index (χ0v) is 16.5. The van der Waals surface area contributed by atoms with Crippen LogP contribution in [-0.2, 0) is 6.42 Å². The third kappa shape index (κ3) is 1.88. The second-order valence-electron chi connectivity index (χ2n) is 8.41. The molecule has 0 atom stereocenters. The summed E-state index contributed by atoms with van der Waals surface area (Å²) in [5, 5.41) is 6.12. The van der Waals surface area contributed by atoms with Crippen molar-refractivity contribution in [1.82, 2.24) is 0 Å². The van der Waals surface area contributed by atoms with E-state index in [2.05, 4.69) is 81.5 Å². The van der Waals surface area contributed by atoms with Gasteiger partial charge in [-0.3, -0.25) is 0 Å². The highest BCUT2D eigenvalue weighted by Crippen LogP contribution is 2.51. The van der Waals surface area contributed by atoms with E-state index in [0.717, 1.165) is 6.42 Å². The number of allylic oxidation sites excluding steroid dienone is 1. The van der Waals surface area contributed by atoms with Gasteiger partial charge in [-0.1, -0.05) is 87.1 Å². The molecule has 0 radical (unpaired) electrons. The fraction of sp³-hybridized carbons (Fsp3) is 0.250. The summed E-state index contributed by atoms with van der Waals surface area (Å²) in [6.45, 7) is 9.84. The highest BCUT2D eigenvalue weighted by atomic mass is 28.3. The first kappa shape index (κ1) is 15.2. The highest BCUT2D eigenvalue weighted by Gasteiger charge is 2.46. The standard InChI is InChI=1S/C24H24Si/c1-15(2)20-14-17-12-13-21-23(22(17)24(20)25(21,3)4)19-11-7-9-16-8-5-6-10-18(16)19/h5-13,15H,14H2,1-4H3. The van der Waals surface area contributed by atoms with E-state index in [9.17, 15) is 0 Å². The number of hydrogen-bond acceptors (Lipinski definition) is 0. The zero-order chi connectivity index (χ0) is 17.3. The second kappa shape index (κ2) is 4.95. The minimum absolute atomic E-state index is 0.647. The van der Waals surface area contributed by atoms with Crippen LogP contribution in [0.25, 0.3) is 27.1 Å². The average Bonchev–Trinajstić information content (AvgIpc) is 3.07. The van der Waals surface area contributed by atoms with Gasteiger partial charge in [0, 0.05) is 0 Å². The first-order valence-electron chi connectivity index (χ1n) is 9.38. The van der Waals surface area contributed by atoms with Crippen LogP contribution in [0.3, 0.4) is 0 Å². The Bertz CT molecular complexity index is 1060. The summed E-state index contributed by atoms with van der Waals surface area (Å²) in [6, 6.07) is 20.5. The Morgan fingerprint density at radius 2 is 1.60 bits per heavy atom. The van der Waals surface area contributed by atoms with Crippen molar-refractivity contribution >= 4 is 29.2 Å². The maximum absolute atomic E-state index is 2.55. The molecule has 1 heterocycles. The monoisotopic (exact) mass is 340 g/mol. The number of hydrogen-bond donors (Lipinski definition) is 0. The molecule has 25 heavy (non-hydrogen) atoms. The van der Waals surface area contributed by atoms with Crippen LogP contribution >= 0.6 is 0 Å². The van der Waals surface area contributed by atoms with Gasteiger partial charge < -0.3 is 0 Å². The van der Waals surface area contributed by atoms with E-state index in [1.807, 2.05) is 0 Å². The zero-order valence-electron chi connectivity index (χ0n) is 15.5. The molecule has 0 unspecified atom stereocenters. The van der Waals surface area contributed by atoms with Crippen LogP contribution < -0.4 is 5.19 Å². The van der Waals surface area contributed by atoms with Crippen LogP contribution in [0, 0.1) is 5.92 Å². The van der Waals surface area contributed by atoms with E-state index in [1.165, 1.54) is 16.3 Å². The summed E-state index contributed by atoms with van der Waals surface area (Å²) >= 11 is 0. The largest absolute Gasteiger partial charge is 0.113 e. The molecule has 0 spiro atoms. The van der Waals surface area contributed by atoms with Crippen LogP contribution in [-0.4, -0.2) is 8.07 Å². The summed E-state index contributed by atoms with van der Waals surface area (Å²) in [5.74, 6) is 0.647. The molecule has 3 aromatic carbocycles. The molecular weight excluding hydrogens is 316 g/mol. The van der Waals surface area contributed by atoms with E-state index in [0.29, 0.717) is 5.92 Å². The maximum Gasteiger partial charge on any atom is 0.113 e. The van der Waals surface area contributed by atoms with Crippen molar-refractivity contribution < 1.29 is 0 Å². The normalized spacial score (nSPS) is 17.2. The van der Waals surface area contributed by atoms with Gasteiger partial charge in [0.05, 0.1) is 0 Å². The van der Waals surface area contributed by atoms with E-state index >= 15 is 0 Å². The summed E-state index contributed by atoms with van der Waals surface area (Å²) in [7, 11) is -1.60. The van der Waals surface area contributed by atoms with Gasteiger partial charge in [-0.25, -0.2) is 0 Å². The molecule has 0 amide bonds. The summed E-state index contributed by atoms with van der Waals surface area (Å²) in [4.78, 5) is 0. The Morgan fingerprint density at radius 1 is 0.840 bits per heavy atom. The molecule has 0 N–H and O–H groups in total. The first-order chi connectivity index (χ1) is 12.0. The van der Waals surface area contributed by atoms with Gasteiger partial charge >= 0.3 is 0 Å². The Morgan fingerprint density at radius 3 is 2.40 bits per heavy atom. The van der Waals surface area contributed by atoms with Gasteiger partial charge in [0.1, 0.15) is 8.07 Å². The molecule has 0 saturated carbocycles. The van der Waals surface area contributed by atoms with Gasteiger partial charge in [-0.15, -0.1) is 0 Å². The fourth-order valence-electron chi connectivity index (χ4n) is 5.12. The first-order valence-corrected chi connectivity index (χ1v) is 12.4. The lowest BCUT2D eigenvalue weighted by molar-refractivity contribution is 0.753. The molecule has 0 aromatic heterocycles. The van der Waals surface area contributed by atoms with Gasteiger partial charge in [0.2, 0.25) is 0 Å². The maximum atomic E-state index is 2.55. The Balaban J connectivity index is 1.91. The third-order valence-corrected chi connectivity index (χ3v) is 9.88. The van der Waals surface area contributed by atoms with E-state index in [-0.39, 0.29) is 0 Å². The predicted molar refractivity (Wildman–Crippen MR) is 112 cm³/mol. The lowest BCUT2D eigenvalue weighted by Gasteiger charge is -2.23. The SMILES string of the molecule is CC(C)C1=C2c3c(ccc(c3-c3cccc4ccccc34)[Si]2(C)C)C1. The topological polar surface area (TPSA) is 0 Å². The van der Waals surface area contributed by atoms with Crippen molar-refractivity contribution in [3.05, 3.63) is 71.3 Å². The molecule has 3 aromatic rings. The van der Waals surface area contributed by atoms with Crippen LogP contribution in [0.4, 0.5) is 0 Å². The molecule has 1 aliphatic heterocycles. The summed E-state index contributed by atoms with van der Waals surface area (Å²) < 4.78 is 0. The van der Waals surface area contributed by atoms with Crippen LogP contribution in [0.15, 0.2) is 60.2 Å². The number of benzene rings is 3. The molecule has 2 aliphatic rings. The quantitative estimate of drug-likeness (QED) is 0.506. The molecule has 2 bridgehead atoms. The third-order valence-electron chi connectivity index (χ3n) is 6.30. The van der Waals surface area contributed by atoms with Crippen molar-refractivity contribution in [2.24, 2.45) is 5.92 Å². The van der Waals surface area contributed by atoms with E-state index < -0.39 is 8.07 Å². The molecular formula is C24H24Si. The van der Waals surface area contributed by atoms with Crippen molar-refractivity contribution in [3.8, 4) is 11.1 Å². The molecule has 1 aliphatic carbocycles. The average molecular weight is 341 g/mol. The van der Waals surface area contributed by atoms with Gasteiger partial charge in [0.15, 0.2) is 0 Å². The van der Waals surface area contributed by atoms with Crippen molar-refractivity contribution in [1.29, 1.82) is 0 Å². The lowest BCUT2D eigenvalue weighted by atomic mass is 9.93. The van der Waals surface area contributed by atoms with Crippen LogP contribution in [0.5, 0.6) is 0 Å². The van der Waals surface area contributed by atoms with Crippen molar-refractivity contribution in [2.45, 2.75) is 33.4 Å². The molecule has 5 rings (SSSR count). The smallest absolute Gasteiger partial charge is 0.0630 e. The van der Waals surface area contributed by atoms with Gasteiger partial charge in [-0.05, 0) is 55.7 Å². The van der Waals surface area contributed by atoms with Gasteiger partial charge in [-0.2, -0.15) is 0 Å². The number of rotatable bonds is 2. The lowest BCUT2D eigenvalue weighted by Crippen LogP contribution is -2.40. The van der Waals surface area contributed by atoms with E-state index in [1.54, 1.807) is 32.6 Å². The van der Waals surface area contributed by atoms with Crippen molar-refractivity contribution in [3.63, 3.8) is 0 Å². The van der Waals surface area contributed by atoms with Crippen LogP contribution in [0.1, 0.15) is 25.0 Å². The predicted octanol–water partition coefficient (Wildman–Crippen LogP) is 5.94. The molecule has 124 valence electrons. The van der Waals surface area contributed by atoms with Crippen molar-refractivity contribution in [2.75, 3.05) is 0 Å². The van der Waals surface area contributed by atoms with E-state index in [4.69, 9.17) is 0 Å². The molecule has 1 heteroatoms. The molecule has 0 fully saturated rings. The molecule has 0 saturated heterocycles. The number of fused-ring (bicyclic) bond motifs is 2. The molecule has 0 nitrogen and oxygen atoms in total. The van der Waals surface area contributed by atoms with Crippen LogP contribution in [0.2, 0.25) is 13.1 Å².